The smallest absolute Gasteiger partial charge is 0.239 e. The van der Waals surface area contributed by atoms with E-state index in [1.807, 2.05) is 11.9 Å². The summed E-state index contributed by atoms with van der Waals surface area (Å²) in [7, 11) is 1.95. The van der Waals surface area contributed by atoms with E-state index < -0.39 is 0 Å². The molecule has 1 amide bonds. The number of amides is 1. The standard InChI is InChI=1S/C11H20N2O/c1-13(8-9-4-2-5-9)11(14)10-6-3-7-12-10/h9-10,12H,2-8H2,1H3/t10-/m1/s1. The second-order valence-electron chi connectivity index (χ2n) is 4.66. The van der Waals surface area contributed by atoms with E-state index in [1.165, 1.54) is 19.3 Å². The predicted octanol–water partition coefficient (Wildman–Crippen LogP) is 0.997. The Bertz CT molecular complexity index is 207. The van der Waals surface area contributed by atoms with E-state index in [0.717, 1.165) is 31.8 Å². The minimum Gasteiger partial charge on any atom is -0.344 e. The van der Waals surface area contributed by atoms with E-state index in [4.69, 9.17) is 0 Å². The van der Waals surface area contributed by atoms with Crippen LogP contribution in [0.15, 0.2) is 0 Å². The molecule has 1 atom stereocenters. The van der Waals surface area contributed by atoms with E-state index in [9.17, 15) is 4.79 Å². The molecule has 14 heavy (non-hydrogen) atoms. The Morgan fingerprint density at radius 3 is 2.64 bits per heavy atom. The third-order valence-corrected chi connectivity index (χ3v) is 3.49. The highest BCUT2D eigenvalue weighted by Crippen LogP contribution is 2.27. The van der Waals surface area contributed by atoms with E-state index in [-0.39, 0.29) is 6.04 Å². The monoisotopic (exact) mass is 196 g/mol. The molecule has 0 unspecified atom stereocenters. The number of carbonyl (C=O) groups excluding carboxylic acids is 1. The maximum absolute atomic E-state index is 11.9. The summed E-state index contributed by atoms with van der Waals surface area (Å²) in [6.07, 6.45) is 6.15. The van der Waals surface area contributed by atoms with Gasteiger partial charge in [0, 0.05) is 13.6 Å². The molecule has 1 saturated heterocycles. The van der Waals surface area contributed by atoms with Gasteiger partial charge in [0.15, 0.2) is 0 Å². The number of hydrogen-bond donors (Lipinski definition) is 1. The first kappa shape index (κ1) is 9.97. The highest BCUT2D eigenvalue weighted by atomic mass is 16.2. The van der Waals surface area contributed by atoms with Crippen LogP contribution in [0.1, 0.15) is 32.1 Å². The van der Waals surface area contributed by atoms with Crippen LogP contribution in [-0.4, -0.2) is 37.0 Å². The zero-order chi connectivity index (χ0) is 9.97. The lowest BCUT2D eigenvalue weighted by Crippen LogP contribution is -2.44. The Hall–Kier alpha value is -0.570. The lowest BCUT2D eigenvalue weighted by Gasteiger charge is -2.31. The molecule has 0 radical (unpaired) electrons. The van der Waals surface area contributed by atoms with Crippen LogP contribution in [0.4, 0.5) is 0 Å². The Balaban J connectivity index is 1.77. The number of rotatable bonds is 3. The molecule has 1 heterocycles. The van der Waals surface area contributed by atoms with E-state index in [1.54, 1.807) is 0 Å². The molecule has 2 aliphatic rings. The third kappa shape index (κ3) is 2.08. The molecule has 2 rings (SSSR count). The molecule has 1 saturated carbocycles. The van der Waals surface area contributed by atoms with Gasteiger partial charge in [-0.1, -0.05) is 6.42 Å². The average Bonchev–Trinajstić information content (AvgIpc) is 2.62. The summed E-state index contributed by atoms with van der Waals surface area (Å²) < 4.78 is 0. The molecule has 0 aromatic rings. The summed E-state index contributed by atoms with van der Waals surface area (Å²) in [5.74, 6) is 1.08. The fourth-order valence-electron chi connectivity index (χ4n) is 2.31. The number of likely N-dealkylation sites (N-methyl/N-ethyl adjacent to an activating group) is 1. The Labute approximate surface area is 85.8 Å². The second-order valence-corrected chi connectivity index (χ2v) is 4.66. The molecule has 3 nitrogen and oxygen atoms in total. The quantitative estimate of drug-likeness (QED) is 0.730. The van der Waals surface area contributed by atoms with Crippen LogP contribution < -0.4 is 5.32 Å². The minimum absolute atomic E-state index is 0.111. The van der Waals surface area contributed by atoms with E-state index in [0.29, 0.717) is 5.91 Å². The molecule has 2 fully saturated rings. The largest absolute Gasteiger partial charge is 0.344 e. The fourth-order valence-corrected chi connectivity index (χ4v) is 2.31. The zero-order valence-corrected chi connectivity index (χ0v) is 8.96. The summed E-state index contributed by atoms with van der Waals surface area (Å²) in [6.45, 7) is 1.98. The van der Waals surface area contributed by atoms with Gasteiger partial charge in [0.25, 0.3) is 0 Å². The molecule has 0 spiro atoms. The first-order chi connectivity index (χ1) is 6.77. The Kier molecular flexibility index (Phi) is 3.06. The van der Waals surface area contributed by atoms with Gasteiger partial charge in [-0.2, -0.15) is 0 Å². The van der Waals surface area contributed by atoms with Crippen LogP contribution in [0.3, 0.4) is 0 Å². The van der Waals surface area contributed by atoms with Gasteiger partial charge in [0.1, 0.15) is 0 Å². The third-order valence-electron chi connectivity index (χ3n) is 3.49. The van der Waals surface area contributed by atoms with Gasteiger partial charge in [-0.3, -0.25) is 4.79 Å². The van der Waals surface area contributed by atoms with Gasteiger partial charge in [-0.25, -0.2) is 0 Å². The molecule has 1 aliphatic carbocycles. The SMILES string of the molecule is CN(CC1CCC1)C(=O)[C@H]1CCCN1. The van der Waals surface area contributed by atoms with Gasteiger partial charge in [-0.05, 0) is 38.1 Å². The van der Waals surface area contributed by atoms with Crippen LogP contribution in [0, 0.1) is 5.92 Å². The van der Waals surface area contributed by atoms with Crippen LogP contribution in [0.2, 0.25) is 0 Å². The normalized spacial score (nSPS) is 27.4. The van der Waals surface area contributed by atoms with Crippen LogP contribution in [-0.2, 0) is 4.79 Å². The molecular weight excluding hydrogens is 176 g/mol. The molecule has 0 bridgehead atoms. The van der Waals surface area contributed by atoms with Gasteiger partial charge < -0.3 is 10.2 Å². The van der Waals surface area contributed by atoms with Gasteiger partial charge in [-0.15, -0.1) is 0 Å². The molecule has 80 valence electrons. The zero-order valence-electron chi connectivity index (χ0n) is 8.96. The average molecular weight is 196 g/mol. The van der Waals surface area contributed by atoms with Crippen molar-refractivity contribution in [2.45, 2.75) is 38.1 Å². The topological polar surface area (TPSA) is 32.3 Å². The van der Waals surface area contributed by atoms with Crippen molar-refractivity contribution in [3.63, 3.8) is 0 Å². The molecule has 0 aromatic heterocycles. The minimum atomic E-state index is 0.111. The van der Waals surface area contributed by atoms with Crippen molar-refractivity contribution < 1.29 is 4.79 Å². The fraction of sp³-hybridized carbons (Fsp3) is 0.909. The van der Waals surface area contributed by atoms with Crippen molar-refractivity contribution in [2.24, 2.45) is 5.92 Å². The van der Waals surface area contributed by atoms with Crippen LogP contribution >= 0.6 is 0 Å². The van der Waals surface area contributed by atoms with Crippen molar-refractivity contribution >= 4 is 5.91 Å². The predicted molar refractivity (Wildman–Crippen MR) is 56.0 cm³/mol. The molecule has 1 N–H and O–H groups in total. The van der Waals surface area contributed by atoms with Crippen molar-refractivity contribution in [3.8, 4) is 0 Å². The molecule has 0 aromatic carbocycles. The van der Waals surface area contributed by atoms with Crippen LogP contribution in [0.5, 0.6) is 0 Å². The number of nitrogens with one attached hydrogen (secondary N) is 1. The molecular formula is C11H20N2O. The Morgan fingerprint density at radius 1 is 1.36 bits per heavy atom. The maximum Gasteiger partial charge on any atom is 0.239 e. The lowest BCUT2D eigenvalue weighted by molar-refractivity contribution is -0.132. The molecule has 1 aliphatic heterocycles. The first-order valence-electron chi connectivity index (χ1n) is 5.76. The van der Waals surface area contributed by atoms with Gasteiger partial charge >= 0.3 is 0 Å². The highest BCUT2D eigenvalue weighted by molar-refractivity contribution is 5.81. The van der Waals surface area contributed by atoms with E-state index >= 15 is 0 Å². The van der Waals surface area contributed by atoms with Crippen molar-refractivity contribution in [3.05, 3.63) is 0 Å². The van der Waals surface area contributed by atoms with Gasteiger partial charge in [0.05, 0.1) is 6.04 Å². The Morgan fingerprint density at radius 2 is 2.14 bits per heavy atom. The number of carbonyl (C=O) groups is 1. The maximum atomic E-state index is 11.9. The number of hydrogen-bond acceptors (Lipinski definition) is 2. The second kappa shape index (κ2) is 4.30. The summed E-state index contributed by atoms with van der Waals surface area (Å²) >= 11 is 0. The summed E-state index contributed by atoms with van der Waals surface area (Å²) in [6, 6.07) is 0.111. The molecule has 3 heteroatoms. The van der Waals surface area contributed by atoms with Crippen LogP contribution in [0.25, 0.3) is 0 Å². The van der Waals surface area contributed by atoms with Crippen molar-refractivity contribution in [1.29, 1.82) is 0 Å². The first-order valence-corrected chi connectivity index (χ1v) is 5.76. The highest BCUT2D eigenvalue weighted by Gasteiger charge is 2.27. The summed E-state index contributed by atoms with van der Waals surface area (Å²) in [5, 5.41) is 3.26. The summed E-state index contributed by atoms with van der Waals surface area (Å²) in [4.78, 5) is 13.8. The summed E-state index contributed by atoms with van der Waals surface area (Å²) in [5.41, 5.74) is 0. The van der Waals surface area contributed by atoms with Crippen molar-refractivity contribution in [2.75, 3.05) is 20.1 Å². The van der Waals surface area contributed by atoms with E-state index in [2.05, 4.69) is 5.32 Å². The lowest BCUT2D eigenvalue weighted by atomic mass is 9.85. The van der Waals surface area contributed by atoms with Crippen molar-refractivity contribution in [1.82, 2.24) is 10.2 Å². The van der Waals surface area contributed by atoms with Gasteiger partial charge in [0.2, 0.25) is 5.91 Å². The number of nitrogens with zero attached hydrogens (tertiary/aromatic N) is 1.